The molecule has 0 amide bonds. The third-order valence-electron chi connectivity index (χ3n) is 4.54. The zero-order chi connectivity index (χ0) is 23.5. The number of anilines is 1. The summed E-state index contributed by atoms with van der Waals surface area (Å²) in [4.78, 5) is 11.0. The lowest BCUT2D eigenvalue weighted by molar-refractivity contribution is -0.139. The van der Waals surface area contributed by atoms with Crippen molar-refractivity contribution in [1.29, 1.82) is 0 Å². The molecular formula is C22H20ClFN2O5S. The van der Waals surface area contributed by atoms with E-state index in [9.17, 15) is 17.6 Å². The van der Waals surface area contributed by atoms with E-state index in [0.717, 1.165) is 10.4 Å². The number of nitrogens with two attached hydrogens (primary N) is 1. The summed E-state index contributed by atoms with van der Waals surface area (Å²) in [6.07, 6.45) is 0. The molecule has 0 atom stereocenters. The normalized spacial score (nSPS) is 11.5. The third kappa shape index (κ3) is 5.56. The van der Waals surface area contributed by atoms with Crippen molar-refractivity contribution >= 4 is 33.3 Å². The van der Waals surface area contributed by atoms with E-state index in [1.807, 2.05) is 0 Å². The molecule has 10 heteroatoms. The second kappa shape index (κ2) is 9.56. The number of carbonyl (C=O) groups is 1. The first kappa shape index (κ1) is 23.5. The highest BCUT2D eigenvalue weighted by atomic mass is 35.5. The van der Waals surface area contributed by atoms with Crippen LogP contribution in [-0.2, 0) is 21.4 Å². The van der Waals surface area contributed by atoms with Crippen LogP contribution in [0.15, 0.2) is 65.6 Å². The third-order valence-corrected chi connectivity index (χ3v) is 6.57. The molecule has 3 aromatic carbocycles. The fourth-order valence-corrected chi connectivity index (χ4v) is 4.54. The van der Waals surface area contributed by atoms with Gasteiger partial charge in [0.1, 0.15) is 11.6 Å². The highest BCUT2D eigenvalue weighted by molar-refractivity contribution is 7.89. The molecule has 0 radical (unpaired) electrons. The van der Waals surface area contributed by atoms with Gasteiger partial charge >= 0.3 is 5.97 Å². The summed E-state index contributed by atoms with van der Waals surface area (Å²) < 4.78 is 46.2. The minimum atomic E-state index is -3.82. The predicted octanol–water partition coefficient (Wildman–Crippen LogP) is 4.01. The summed E-state index contributed by atoms with van der Waals surface area (Å²) in [5, 5.41) is 9.22. The first-order valence-corrected chi connectivity index (χ1v) is 11.1. The van der Waals surface area contributed by atoms with Gasteiger partial charge < -0.3 is 15.6 Å². The maximum absolute atomic E-state index is 13.9. The molecule has 3 aromatic rings. The molecule has 0 spiro atoms. The lowest BCUT2D eigenvalue weighted by Crippen LogP contribution is -2.26. The molecular weight excluding hydrogens is 459 g/mol. The maximum Gasteiger partial charge on any atom is 0.341 e. The number of aliphatic carboxylic acids is 1. The molecule has 7 nitrogen and oxygen atoms in total. The maximum atomic E-state index is 13.9. The van der Waals surface area contributed by atoms with Crippen LogP contribution in [0.25, 0.3) is 11.1 Å². The van der Waals surface area contributed by atoms with Crippen LogP contribution in [-0.4, -0.2) is 37.5 Å². The van der Waals surface area contributed by atoms with E-state index in [4.69, 9.17) is 27.2 Å². The van der Waals surface area contributed by atoms with E-state index >= 15 is 0 Å². The van der Waals surface area contributed by atoms with Gasteiger partial charge in [-0.2, -0.15) is 4.31 Å². The summed E-state index contributed by atoms with van der Waals surface area (Å²) in [6, 6.07) is 14.5. The lowest BCUT2D eigenvalue weighted by atomic mass is 10.0. The summed E-state index contributed by atoms with van der Waals surface area (Å²) in [5.41, 5.74) is 7.24. The Kier molecular flexibility index (Phi) is 7.02. The highest BCUT2D eigenvalue weighted by Crippen LogP contribution is 2.33. The Bertz CT molecular complexity index is 1250. The molecule has 3 N–H and O–H groups in total. The van der Waals surface area contributed by atoms with Crippen LogP contribution in [0.5, 0.6) is 5.75 Å². The molecule has 0 aromatic heterocycles. The second-order valence-corrected chi connectivity index (χ2v) is 9.49. The number of nitrogens with zero attached hydrogens (tertiary/aromatic N) is 1. The predicted molar refractivity (Wildman–Crippen MR) is 119 cm³/mol. The van der Waals surface area contributed by atoms with Crippen LogP contribution in [0.3, 0.4) is 0 Å². The quantitative estimate of drug-likeness (QED) is 0.473. The van der Waals surface area contributed by atoms with Crippen LogP contribution in [0.1, 0.15) is 5.56 Å². The van der Waals surface area contributed by atoms with Crippen molar-refractivity contribution in [2.75, 3.05) is 19.4 Å². The number of nitrogen functional groups attached to an aromatic ring is 1. The van der Waals surface area contributed by atoms with Crippen molar-refractivity contribution in [1.82, 2.24) is 4.31 Å². The van der Waals surface area contributed by atoms with Crippen LogP contribution < -0.4 is 10.5 Å². The molecule has 0 unspecified atom stereocenters. The fraction of sp³-hybridized carbons (Fsp3) is 0.136. The van der Waals surface area contributed by atoms with Gasteiger partial charge in [0, 0.05) is 29.9 Å². The van der Waals surface area contributed by atoms with Crippen LogP contribution in [0, 0.1) is 5.82 Å². The second-order valence-electron chi connectivity index (χ2n) is 7.00. The van der Waals surface area contributed by atoms with Crippen molar-refractivity contribution < 1.29 is 27.4 Å². The van der Waals surface area contributed by atoms with Gasteiger partial charge in [0.2, 0.25) is 10.0 Å². The van der Waals surface area contributed by atoms with Crippen molar-refractivity contribution in [2.24, 2.45) is 0 Å². The lowest BCUT2D eigenvalue weighted by Gasteiger charge is -2.19. The van der Waals surface area contributed by atoms with E-state index < -0.39 is 28.4 Å². The number of carboxylic acids is 1. The van der Waals surface area contributed by atoms with Gasteiger partial charge in [-0.3, -0.25) is 0 Å². The molecule has 0 bridgehead atoms. The molecule has 0 aliphatic carbocycles. The minimum absolute atomic E-state index is 0.00808. The van der Waals surface area contributed by atoms with Gasteiger partial charge in [-0.25, -0.2) is 17.6 Å². The van der Waals surface area contributed by atoms with Gasteiger partial charge in [-0.15, -0.1) is 0 Å². The Morgan fingerprint density at radius 1 is 1.16 bits per heavy atom. The number of hydrogen-bond acceptors (Lipinski definition) is 5. The Hall–Kier alpha value is -3.14. The number of rotatable bonds is 8. The van der Waals surface area contributed by atoms with Crippen molar-refractivity contribution in [2.45, 2.75) is 11.4 Å². The van der Waals surface area contributed by atoms with Crippen LogP contribution >= 0.6 is 11.6 Å². The van der Waals surface area contributed by atoms with E-state index in [0.29, 0.717) is 21.7 Å². The topological polar surface area (TPSA) is 110 Å². The summed E-state index contributed by atoms with van der Waals surface area (Å²) in [5.74, 6) is -1.55. The van der Waals surface area contributed by atoms with Crippen molar-refractivity contribution in [3.8, 4) is 16.9 Å². The first-order valence-electron chi connectivity index (χ1n) is 9.32. The molecule has 0 saturated carbocycles. The Morgan fingerprint density at radius 2 is 1.91 bits per heavy atom. The molecule has 0 fully saturated rings. The van der Waals surface area contributed by atoms with Gasteiger partial charge in [-0.1, -0.05) is 23.7 Å². The monoisotopic (exact) mass is 478 g/mol. The van der Waals surface area contributed by atoms with Gasteiger partial charge in [0.15, 0.2) is 6.61 Å². The molecule has 0 aliphatic rings. The van der Waals surface area contributed by atoms with E-state index in [1.165, 1.54) is 37.4 Å². The molecule has 0 saturated heterocycles. The number of sulfonamides is 1. The summed E-state index contributed by atoms with van der Waals surface area (Å²) >= 11 is 5.92. The van der Waals surface area contributed by atoms with Gasteiger partial charge in [0.25, 0.3) is 0 Å². The number of hydrogen-bond donors (Lipinski definition) is 2. The van der Waals surface area contributed by atoms with Crippen LogP contribution in [0.2, 0.25) is 5.02 Å². The number of carboxylic acid groups (broad SMARTS) is 1. The molecule has 32 heavy (non-hydrogen) atoms. The fourth-order valence-electron chi connectivity index (χ4n) is 3.08. The molecule has 168 valence electrons. The van der Waals surface area contributed by atoms with E-state index in [1.54, 1.807) is 24.3 Å². The Balaban J connectivity index is 1.97. The average Bonchev–Trinajstić information content (AvgIpc) is 2.72. The van der Waals surface area contributed by atoms with Crippen LogP contribution in [0.4, 0.5) is 10.1 Å². The highest BCUT2D eigenvalue weighted by Gasteiger charge is 2.22. The summed E-state index contributed by atoms with van der Waals surface area (Å²) in [7, 11) is -2.40. The first-order chi connectivity index (χ1) is 15.1. The SMILES string of the molecule is CN(Cc1ccc(OCC(=O)O)c(-c2cc(N)cc(F)c2)c1)S(=O)(=O)c1cccc(Cl)c1. The smallest absolute Gasteiger partial charge is 0.341 e. The number of benzene rings is 3. The standard InChI is InChI=1S/C22H20ClFN2O5S/c1-26(32(29,30)19-4-2-3-16(23)10-19)12-14-5-6-21(31-13-22(27)28)20(7-14)15-8-17(24)11-18(25)9-15/h2-11H,12-13,25H2,1H3,(H,27,28). The summed E-state index contributed by atoms with van der Waals surface area (Å²) in [6.45, 7) is -0.605. The largest absolute Gasteiger partial charge is 0.481 e. The Morgan fingerprint density at radius 3 is 2.56 bits per heavy atom. The minimum Gasteiger partial charge on any atom is -0.481 e. The van der Waals surface area contributed by atoms with E-state index in [2.05, 4.69) is 0 Å². The van der Waals surface area contributed by atoms with Gasteiger partial charge in [0.05, 0.1) is 4.90 Å². The molecule has 0 heterocycles. The molecule has 0 aliphatic heterocycles. The van der Waals surface area contributed by atoms with E-state index in [-0.39, 0.29) is 22.9 Å². The van der Waals surface area contributed by atoms with Crippen molar-refractivity contribution in [3.63, 3.8) is 0 Å². The van der Waals surface area contributed by atoms with Crippen molar-refractivity contribution in [3.05, 3.63) is 77.1 Å². The zero-order valence-electron chi connectivity index (χ0n) is 17.0. The number of halogens is 2. The Labute approximate surface area is 189 Å². The van der Waals surface area contributed by atoms with Gasteiger partial charge in [-0.05, 0) is 59.7 Å². The number of ether oxygens (including phenoxy) is 1. The zero-order valence-corrected chi connectivity index (χ0v) is 18.5. The average molecular weight is 479 g/mol. The molecule has 3 rings (SSSR count).